The number of nitrogens with zero attached hydrogens (tertiary/aromatic N) is 1. The second kappa shape index (κ2) is 9.21. The molecule has 1 aliphatic rings. The first-order valence-electron chi connectivity index (χ1n) is 9.15. The maximum absolute atomic E-state index is 12.8. The molecule has 0 bridgehead atoms. The van der Waals surface area contributed by atoms with E-state index in [9.17, 15) is 22.8 Å². The summed E-state index contributed by atoms with van der Waals surface area (Å²) in [5.41, 5.74) is 5.14. The third-order valence-electron chi connectivity index (χ3n) is 4.77. The van der Waals surface area contributed by atoms with Crippen molar-refractivity contribution in [1.82, 2.24) is 10.2 Å². The molecule has 3 N–H and O–H groups in total. The first kappa shape index (κ1) is 21.2. The molecule has 1 aliphatic heterocycles. The van der Waals surface area contributed by atoms with Crippen LogP contribution in [0.2, 0.25) is 0 Å². The number of hydrogen-bond acceptors (Lipinski definition) is 3. The van der Waals surface area contributed by atoms with Crippen LogP contribution in [0.4, 0.5) is 13.2 Å². The minimum Gasteiger partial charge on any atom is -0.355 e. The zero-order valence-corrected chi connectivity index (χ0v) is 15.4. The molecule has 2 amide bonds. The standard InChI is InChI=1S/C19H26F3N3O2/c1-13(10-14-4-2-6-16(11-14)19(20,21)22)18(27)25-9-3-5-15(12-25)17(26)24-8-7-23/h2,4,6,11,13,15H,3,5,7-10,12,23H2,1H3,(H,24,26). The molecular formula is C19H26F3N3O2. The van der Waals surface area contributed by atoms with E-state index in [-0.39, 0.29) is 24.2 Å². The van der Waals surface area contributed by atoms with Gasteiger partial charge in [-0.3, -0.25) is 9.59 Å². The Hall–Kier alpha value is -2.09. The number of carbonyl (C=O) groups is 2. The second-order valence-electron chi connectivity index (χ2n) is 7.01. The van der Waals surface area contributed by atoms with Gasteiger partial charge in [0.05, 0.1) is 11.5 Å². The number of alkyl halides is 3. The predicted octanol–water partition coefficient (Wildman–Crippen LogP) is 2.20. The average molecular weight is 385 g/mol. The van der Waals surface area contributed by atoms with E-state index in [1.807, 2.05) is 0 Å². The van der Waals surface area contributed by atoms with E-state index in [4.69, 9.17) is 5.73 Å². The largest absolute Gasteiger partial charge is 0.416 e. The van der Waals surface area contributed by atoms with Crippen LogP contribution in [-0.2, 0) is 22.2 Å². The van der Waals surface area contributed by atoms with Crippen LogP contribution in [0.3, 0.4) is 0 Å². The lowest BCUT2D eigenvalue weighted by molar-refractivity contribution is -0.139. The molecule has 27 heavy (non-hydrogen) atoms. The van der Waals surface area contributed by atoms with Gasteiger partial charge in [-0.15, -0.1) is 0 Å². The fraction of sp³-hybridized carbons (Fsp3) is 0.579. The molecule has 0 radical (unpaired) electrons. The summed E-state index contributed by atoms with van der Waals surface area (Å²) in [6, 6.07) is 5.06. The van der Waals surface area contributed by atoms with Gasteiger partial charge in [-0.05, 0) is 30.9 Å². The molecule has 8 heteroatoms. The van der Waals surface area contributed by atoms with Crippen LogP contribution in [0, 0.1) is 11.8 Å². The smallest absolute Gasteiger partial charge is 0.355 e. The number of carbonyl (C=O) groups excluding carboxylic acids is 2. The van der Waals surface area contributed by atoms with Crippen molar-refractivity contribution in [1.29, 1.82) is 0 Å². The summed E-state index contributed by atoms with van der Waals surface area (Å²) in [5, 5.41) is 2.74. The van der Waals surface area contributed by atoms with E-state index in [0.717, 1.165) is 18.6 Å². The number of amides is 2. The fourth-order valence-corrected chi connectivity index (χ4v) is 3.36. The van der Waals surface area contributed by atoms with Gasteiger partial charge in [-0.2, -0.15) is 13.2 Å². The summed E-state index contributed by atoms with van der Waals surface area (Å²) < 4.78 is 38.5. The van der Waals surface area contributed by atoms with Gasteiger partial charge >= 0.3 is 6.18 Å². The van der Waals surface area contributed by atoms with Crippen molar-refractivity contribution in [3.05, 3.63) is 35.4 Å². The van der Waals surface area contributed by atoms with Gasteiger partial charge < -0.3 is 16.0 Å². The third-order valence-corrected chi connectivity index (χ3v) is 4.77. The van der Waals surface area contributed by atoms with Crippen molar-refractivity contribution in [3.8, 4) is 0 Å². The molecular weight excluding hydrogens is 359 g/mol. The molecule has 1 saturated heterocycles. The highest BCUT2D eigenvalue weighted by Crippen LogP contribution is 2.30. The SMILES string of the molecule is CC(Cc1cccc(C(F)(F)F)c1)C(=O)N1CCCC(C(=O)NCCN)C1. The molecule has 150 valence electrons. The highest BCUT2D eigenvalue weighted by molar-refractivity contribution is 5.82. The zero-order valence-electron chi connectivity index (χ0n) is 15.4. The highest BCUT2D eigenvalue weighted by atomic mass is 19.4. The number of benzene rings is 1. The molecule has 1 aromatic carbocycles. The van der Waals surface area contributed by atoms with Crippen molar-refractivity contribution in [2.45, 2.75) is 32.4 Å². The Balaban J connectivity index is 1.97. The van der Waals surface area contributed by atoms with Gasteiger partial charge in [0.2, 0.25) is 11.8 Å². The molecule has 2 rings (SSSR count). The molecule has 5 nitrogen and oxygen atoms in total. The van der Waals surface area contributed by atoms with Gasteiger partial charge in [0, 0.05) is 32.1 Å². The number of likely N-dealkylation sites (tertiary alicyclic amines) is 1. The average Bonchev–Trinajstić information content (AvgIpc) is 2.65. The lowest BCUT2D eigenvalue weighted by atomic mass is 9.94. The van der Waals surface area contributed by atoms with E-state index in [1.54, 1.807) is 17.9 Å². The molecule has 0 spiro atoms. The normalized spacial score (nSPS) is 18.9. The Labute approximate surface area is 157 Å². The number of hydrogen-bond donors (Lipinski definition) is 2. The van der Waals surface area contributed by atoms with Crippen molar-refractivity contribution < 1.29 is 22.8 Å². The summed E-state index contributed by atoms with van der Waals surface area (Å²) in [4.78, 5) is 26.5. The quantitative estimate of drug-likeness (QED) is 0.788. The van der Waals surface area contributed by atoms with Crippen molar-refractivity contribution in [3.63, 3.8) is 0 Å². The van der Waals surface area contributed by atoms with E-state index < -0.39 is 17.7 Å². The monoisotopic (exact) mass is 385 g/mol. The number of piperidine rings is 1. The van der Waals surface area contributed by atoms with Gasteiger partial charge in [0.25, 0.3) is 0 Å². The maximum Gasteiger partial charge on any atom is 0.416 e. The van der Waals surface area contributed by atoms with Gasteiger partial charge in [0.1, 0.15) is 0 Å². The van der Waals surface area contributed by atoms with Crippen LogP contribution in [0.25, 0.3) is 0 Å². The highest BCUT2D eigenvalue weighted by Gasteiger charge is 2.32. The number of rotatable bonds is 6. The van der Waals surface area contributed by atoms with Gasteiger partial charge in [-0.25, -0.2) is 0 Å². The third kappa shape index (κ3) is 5.95. The Kier molecular flexibility index (Phi) is 7.24. The Bertz CT molecular complexity index is 664. The Morgan fingerprint density at radius 1 is 1.37 bits per heavy atom. The van der Waals surface area contributed by atoms with Crippen molar-refractivity contribution in [2.24, 2.45) is 17.6 Å². The molecule has 1 aromatic rings. The second-order valence-corrected chi connectivity index (χ2v) is 7.01. The number of nitrogens with two attached hydrogens (primary N) is 1. The van der Waals surface area contributed by atoms with Crippen LogP contribution in [0.5, 0.6) is 0 Å². The molecule has 0 saturated carbocycles. The van der Waals surface area contributed by atoms with E-state index in [1.165, 1.54) is 6.07 Å². The Morgan fingerprint density at radius 2 is 2.11 bits per heavy atom. The first-order chi connectivity index (χ1) is 12.7. The first-order valence-corrected chi connectivity index (χ1v) is 9.15. The fourth-order valence-electron chi connectivity index (χ4n) is 3.36. The molecule has 0 aliphatic carbocycles. The topological polar surface area (TPSA) is 75.4 Å². The minimum atomic E-state index is -4.40. The van der Waals surface area contributed by atoms with Gasteiger partial charge in [0.15, 0.2) is 0 Å². The van der Waals surface area contributed by atoms with Crippen LogP contribution in [0.1, 0.15) is 30.9 Å². The molecule has 1 heterocycles. The zero-order chi connectivity index (χ0) is 20.0. The lowest BCUT2D eigenvalue weighted by Crippen LogP contribution is -2.47. The van der Waals surface area contributed by atoms with E-state index in [0.29, 0.717) is 38.2 Å². The van der Waals surface area contributed by atoms with Crippen molar-refractivity contribution >= 4 is 11.8 Å². The Morgan fingerprint density at radius 3 is 2.78 bits per heavy atom. The molecule has 1 fully saturated rings. The van der Waals surface area contributed by atoms with Crippen molar-refractivity contribution in [2.75, 3.05) is 26.2 Å². The summed E-state index contributed by atoms with van der Waals surface area (Å²) in [7, 11) is 0. The molecule has 2 unspecified atom stereocenters. The maximum atomic E-state index is 12.8. The van der Waals surface area contributed by atoms with Crippen LogP contribution in [0.15, 0.2) is 24.3 Å². The molecule has 2 atom stereocenters. The number of halogens is 3. The number of nitrogens with one attached hydrogen (secondary N) is 1. The minimum absolute atomic E-state index is 0.108. The summed E-state index contributed by atoms with van der Waals surface area (Å²) in [5.74, 6) is -0.971. The van der Waals surface area contributed by atoms with Gasteiger partial charge in [-0.1, -0.05) is 25.1 Å². The predicted molar refractivity (Wildman–Crippen MR) is 95.7 cm³/mol. The van der Waals surface area contributed by atoms with Crippen LogP contribution >= 0.6 is 0 Å². The molecule has 0 aromatic heterocycles. The lowest BCUT2D eigenvalue weighted by Gasteiger charge is -2.33. The summed E-state index contributed by atoms with van der Waals surface area (Å²) in [6.45, 7) is 3.36. The van der Waals surface area contributed by atoms with E-state index >= 15 is 0 Å². The van der Waals surface area contributed by atoms with Crippen LogP contribution < -0.4 is 11.1 Å². The van der Waals surface area contributed by atoms with E-state index in [2.05, 4.69) is 5.32 Å². The van der Waals surface area contributed by atoms with Crippen LogP contribution in [-0.4, -0.2) is 42.9 Å². The summed E-state index contributed by atoms with van der Waals surface area (Å²) in [6.07, 6.45) is -2.74. The summed E-state index contributed by atoms with van der Waals surface area (Å²) >= 11 is 0.